The number of aromatic hydroxyl groups is 1. The molecule has 0 saturated heterocycles. The third-order valence-corrected chi connectivity index (χ3v) is 2.32. The van der Waals surface area contributed by atoms with Gasteiger partial charge in [0.1, 0.15) is 5.82 Å². The first-order valence-electron chi connectivity index (χ1n) is 4.87. The lowest BCUT2D eigenvalue weighted by molar-refractivity contribution is 0.103. The van der Waals surface area contributed by atoms with E-state index < -0.39 is 23.2 Å². The highest BCUT2D eigenvalue weighted by molar-refractivity contribution is 6.09. The minimum Gasteiger partial charge on any atom is -0.505 e. The molecule has 0 atom stereocenters. The van der Waals surface area contributed by atoms with E-state index in [1.807, 2.05) is 0 Å². The van der Waals surface area contributed by atoms with E-state index >= 15 is 0 Å². The van der Waals surface area contributed by atoms with Crippen molar-refractivity contribution in [1.29, 1.82) is 0 Å². The largest absolute Gasteiger partial charge is 0.505 e. The van der Waals surface area contributed by atoms with Crippen LogP contribution in [-0.4, -0.2) is 10.9 Å². The van der Waals surface area contributed by atoms with Gasteiger partial charge in [-0.3, -0.25) is 4.79 Å². The van der Waals surface area contributed by atoms with Crippen LogP contribution in [0, 0.1) is 11.6 Å². The SMILES string of the molecule is O=C(c1ccc(F)cc1)c1ccc(O)c(F)c1. The highest BCUT2D eigenvalue weighted by Gasteiger charge is 2.11. The van der Waals surface area contributed by atoms with Crippen molar-refractivity contribution in [2.75, 3.05) is 0 Å². The molecule has 0 heterocycles. The fourth-order valence-corrected chi connectivity index (χ4v) is 1.42. The number of benzene rings is 2. The van der Waals surface area contributed by atoms with Gasteiger partial charge in [0.15, 0.2) is 17.3 Å². The fraction of sp³-hybridized carbons (Fsp3) is 0. The third-order valence-electron chi connectivity index (χ3n) is 2.32. The normalized spacial score (nSPS) is 10.2. The van der Waals surface area contributed by atoms with Gasteiger partial charge < -0.3 is 5.11 Å². The Hall–Kier alpha value is -2.23. The molecule has 0 aliphatic heterocycles. The Labute approximate surface area is 96.1 Å². The summed E-state index contributed by atoms with van der Waals surface area (Å²) >= 11 is 0. The summed E-state index contributed by atoms with van der Waals surface area (Å²) in [5, 5.41) is 9.00. The molecule has 0 radical (unpaired) electrons. The maximum Gasteiger partial charge on any atom is 0.193 e. The van der Waals surface area contributed by atoms with Crippen molar-refractivity contribution in [2.45, 2.75) is 0 Å². The van der Waals surface area contributed by atoms with Crippen LogP contribution in [0.25, 0.3) is 0 Å². The van der Waals surface area contributed by atoms with E-state index in [1.165, 1.54) is 18.2 Å². The van der Waals surface area contributed by atoms with Gasteiger partial charge in [0.2, 0.25) is 0 Å². The summed E-state index contributed by atoms with van der Waals surface area (Å²) in [6.07, 6.45) is 0. The highest BCUT2D eigenvalue weighted by Crippen LogP contribution is 2.18. The molecule has 2 nitrogen and oxygen atoms in total. The molecule has 17 heavy (non-hydrogen) atoms. The van der Waals surface area contributed by atoms with Gasteiger partial charge >= 0.3 is 0 Å². The van der Waals surface area contributed by atoms with Crippen molar-refractivity contribution in [1.82, 2.24) is 0 Å². The maximum absolute atomic E-state index is 13.1. The maximum atomic E-state index is 13.1. The van der Waals surface area contributed by atoms with Crippen LogP contribution in [0.2, 0.25) is 0 Å². The zero-order valence-corrected chi connectivity index (χ0v) is 8.65. The van der Waals surface area contributed by atoms with E-state index in [-0.39, 0.29) is 11.1 Å². The Morgan fingerprint density at radius 1 is 0.941 bits per heavy atom. The molecular weight excluding hydrogens is 226 g/mol. The van der Waals surface area contributed by atoms with Crippen LogP contribution in [0.15, 0.2) is 42.5 Å². The summed E-state index contributed by atoms with van der Waals surface area (Å²) in [5.41, 5.74) is 0.364. The Morgan fingerprint density at radius 2 is 1.53 bits per heavy atom. The third kappa shape index (κ3) is 2.30. The number of carbonyl (C=O) groups excluding carboxylic acids is 1. The fourth-order valence-electron chi connectivity index (χ4n) is 1.42. The van der Waals surface area contributed by atoms with Gasteiger partial charge in [0, 0.05) is 11.1 Å². The van der Waals surface area contributed by atoms with Crippen LogP contribution in [-0.2, 0) is 0 Å². The second-order valence-electron chi connectivity index (χ2n) is 3.50. The van der Waals surface area contributed by atoms with E-state index in [0.29, 0.717) is 0 Å². The predicted octanol–water partition coefficient (Wildman–Crippen LogP) is 2.90. The Kier molecular flexibility index (Phi) is 2.87. The van der Waals surface area contributed by atoms with Crippen LogP contribution < -0.4 is 0 Å². The van der Waals surface area contributed by atoms with E-state index in [9.17, 15) is 13.6 Å². The molecule has 2 aromatic carbocycles. The van der Waals surface area contributed by atoms with Crippen LogP contribution >= 0.6 is 0 Å². The second kappa shape index (κ2) is 4.33. The Bertz CT molecular complexity index is 562. The molecule has 0 unspecified atom stereocenters. The van der Waals surface area contributed by atoms with E-state index in [0.717, 1.165) is 24.3 Å². The van der Waals surface area contributed by atoms with Crippen LogP contribution in [0.3, 0.4) is 0 Å². The first-order chi connectivity index (χ1) is 8.08. The van der Waals surface area contributed by atoms with E-state index in [2.05, 4.69) is 0 Å². The van der Waals surface area contributed by atoms with Crippen molar-refractivity contribution in [3.63, 3.8) is 0 Å². The minimum absolute atomic E-state index is 0.104. The smallest absolute Gasteiger partial charge is 0.193 e. The summed E-state index contributed by atoms with van der Waals surface area (Å²) < 4.78 is 25.7. The van der Waals surface area contributed by atoms with Gasteiger partial charge in [0.05, 0.1) is 0 Å². The standard InChI is InChI=1S/C13H8F2O2/c14-10-4-1-8(2-5-10)13(17)9-3-6-12(16)11(15)7-9/h1-7,16H. The number of hydrogen-bond acceptors (Lipinski definition) is 2. The quantitative estimate of drug-likeness (QED) is 0.811. The molecule has 0 aliphatic carbocycles. The molecule has 0 fully saturated rings. The van der Waals surface area contributed by atoms with Crippen molar-refractivity contribution in [3.05, 3.63) is 65.2 Å². The molecule has 4 heteroatoms. The summed E-state index contributed by atoms with van der Waals surface area (Å²) in [6.45, 7) is 0. The van der Waals surface area contributed by atoms with Gasteiger partial charge in [-0.15, -0.1) is 0 Å². The highest BCUT2D eigenvalue weighted by atomic mass is 19.1. The number of carbonyl (C=O) groups is 1. The van der Waals surface area contributed by atoms with Crippen molar-refractivity contribution < 1.29 is 18.7 Å². The number of ketones is 1. The molecule has 0 bridgehead atoms. The number of hydrogen-bond donors (Lipinski definition) is 1. The lowest BCUT2D eigenvalue weighted by atomic mass is 10.0. The Morgan fingerprint density at radius 3 is 2.12 bits per heavy atom. The summed E-state index contributed by atoms with van der Waals surface area (Å²) in [4.78, 5) is 11.9. The molecule has 0 amide bonds. The Balaban J connectivity index is 2.37. The van der Waals surface area contributed by atoms with Crippen LogP contribution in [0.5, 0.6) is 5.75 Å². The van der Waals surface area contributed by atoms with Gasteiger partial charge in [-0.25, -0.2) is 8.78 Å². The molecular formula is C13H8F2O2. The summed E-state index contributed by atoms with van der Waals surface area (Å²) in [7, 11) is 0. The number of halogens is 2. The molecule has 1 N–H and O–H groups in total. The zero-order valence-electron chi connectivity index (χ0n) is 8.65. The summed E-state index contributed by atoms with van der Waals surface area (Å²) in [5.74, 6) is -2.25. The molecule has 0 aromatic heterocycles. The van der Waals surface area contributed by atoms with E-state index in [1.54, 1.807) is 0 Å². The molecule has 86 valence electrons. The van der Waals surface area contributed by atoms with Gasteiger partial charge in [-0.2, -0.15) is 0 Å². The van der Waals surface area contributed by atoms with Crippen molar-refractivity contribution >= 4 is 5.78 Å². The molecule has 2 aromatic rings. The average molecular weight is 234 g/mol. The molecule has 0 saturated carbocycles. The van der Waals surface area contributed by atoms with Gasteiger partial charge in [0.25, 0.3) is 0 Å². The van der Waals surface area contributed by atoms with Crippen LogP contribution in [0.1, 0.15) is 15.9 Å². The lowest BCUT2D eigenvalue weighted by Crippen LogP contribution is -2.01. The zero-order chi connectivity index (χ0) is 12.4. The minimum atomic E-state index is -0.863. The molecule has 0 aliphatic rings. The number of rotatable bonds is 2. The number of phenols is 1. The van der Waals surface area contributed by atoms with Crippen molar-refractivity contribution in [3.8, 4) is 5.75 Å². The topological polar surface area (TPSA) is 37.3 Å². The predicted molar refractivity (Wildman–Crippen MR) is 57.9 cm³/mol. The second-order valence-corrected chi connectivity index (χ2v) is 3.50. The van der Waals surface area contributed by atoms with Gasteiger partial charge in [-0.05, 0) is 42.5 Å². The van der Waals surface area contributed by atoms with E-state index in [4.69, 9.17) is 5.11 Å². The van der Waals surface area contributed by atoms with Gasteiger partial charge in [-0.1, -0.05) is 0 Å². The lowest BCUT2D eigenvalue weighted by Gasteiger charge is -2.02. The first-order valence-corrected chi connectivity index (χ1v) is 4.87. The molecule has 0 spiro atoms. The van der Waals surface area contributed by atoms with Crippen LogP contribution in [0.4, 0.5) is 8.78 Å². The molecule has 2 rings (SSSR count). The van der Waals surface area contributed by atoms with Crippen molar-refractivity contribution in [2.24, 2.45) is 0 Å². The first kappa shape index (κ1) is 11.3. The number of phenolic OH excluding ortho intramolecular Hbond substituents is 1. The average Bonchev–Trinajstić information content (AvgIpc) is 2.33. The summed E-state index contributed by atoms with van der Waals surface area (Å²) in [6, 6.07) is 8.32. The monoisotopic (exact) mass is 234 g/mol.